The van der Waals surface area contributed by atoms with Crippen LogP contribution in [-0.2, 0) is 11.3 Å². The van der Waals surface area contributed by atoms with Gasteiger partial charge in [-0.05, 0) is 62.1 Å². The first-order valence-corrected chi connectivity index (χ1v) is 12.4. The van der Waals surface area contributed by atoms with E-state index in [0.717, 1.165) is 57.6 Å². The van der Waals surface area contributed by atoms with Crippen molar-refractivity contribution in [3.63, 3.8) is 0 Å². The van der Waals surface area contributed by atoms with Crippen molar-refractivity contribution in [3.05, 3.63) is 65.4 Å². The number of carbonyl (C=O) groups is 1. The molecule has 1 saturated heterocycles. The third-order valence-corrected chi connectivity index (χ3v) is 7.69. The molecule has 0 aliphatic carbocycles. The summed E-state index contributed by atoms with van der Waals surface area (Å²) in [6.07, 6.45) is 1.88. The van der Waals surface area contributed by atoms with E-state index in [4.69, 9.17) is 14.8 Å². The zero-order chi connectivity index (χ0) is 23.7. The number of ether oxygens (including phenoxy) is 1. The molecular formula is C26H29N5O2S. The maximum absolute atomic E-state index is 12.9. The molecule has 3 heterocycles. The fourth-order valence-electron chi connectivity index (χ4n) is 4.46. The highest BCUT2D eigenvalue weighted by atomic mass is 32.1. The smallest absolute Gasteiger partial charge is 0.225 e. The van der Waals surface area contributed by atoms with Crippen LogP contribution in [0, 0.1) is 19.8 Å². The van der Waals surface area contributed by atoms with Gasteiger partial charge in [0.15, 0.2) is 10.8 Å². The molecule has 1 aliphatic rings. The van der Waals surface area contributed by atoms with Crippen molar-refractivity contribution in [2.45, 2.75) is 33.2 Å². The number of methoxy groups -OCH3 is 1. The van der Waals surface area contributed by atoms with E-state index in [-0.39, 0.29) is 11.8 Å². The standard InChI is InChI=1S/C26H29N5O2S/c1-17-7-4-5-8-19(17)15-27-25(32)20-9-6-14-30(16-20)26-28-24-23(34-26)18(2)29-31(24)21-10-12-22(33-3)13-11-21/h4-5,7-8,10-13,20H,6,9,14-16H2,1-3H3,(H,27,32). The molecule has 2 aromatic carbocycles. The number of thiazole rings is 1. The molecule has 8 heteroatoms. The number of carbonyl (C=O) groups excluding carboxylic acids is 1. The molecule has 0 radical (unpaired) electrons. The van der Waals surface area contributed by atoms with Crippen molar-refractivity contribution in [2.24, 2.45) is 5.92 Å². The molecule has 1 fully saturated rings. The number of nitrogens with zero attached hydrogens (tertiary/aromatic N) is 4. The van der Waals surface area contributed by atoms with Gasteiger partial charge in [-0.3, -0.25) is 4.79 Å². The molecular weight excluding hydrogens is 446 g/mol. The number of anilines is 1. The predicted octanol–water partition coefficient (Wildman–Crippen LogP) is 4.64. The maximum Gasteiger partial charge on any atom is 0.225 e. The molecule has 7 nitrogen and oxygen atoms in total. The van der Waals surface area contributed by atoms with E-state index in [0.29, 0.717) is 13.1 Å². The minimum atomic E-state index is -0.0380. The highest BCUT2D eigenvalue weighted by molar-refractivity contribution is 7.22. The molecule has 176 valence electrons. The second-order valence-electron chi connectivity index (χ2n) is 8.77. The van der Waals surface area contributed by atoms with Crippen LogP contribution in [0.5, 0.6) is 5.75 Å². The van der Waals surface area contributed by atoms with Gasteiger partial charge in [0.05, 0.1) is 29.1 Å². The number of nitrogens with one attached hydrogen (secondary N) is 1. The Balaban J connectivity index is 1.32. The van der Waals surface area contributed by atoms with Gasteiger partial charge >= 0.3 is 0 Å². The van der Waals surface area contributed by atoms with Crippen LogP contribution in [0.25, 0.3) is 16.0 Å². The second-order valence-corrected chi connectivity index (χ2v) is 9.75. The average molecular weight is 476 g/mol. The zero-order valence-electron chi connectivity index (χ0n) is 19.7. The number of amides is 1. The van der Waals surface area contributed by atoms with Crippen LogP contribution in [0.2, 0.25) is 0 Å². The van der Waals surface area contributed by atoms with E-state index in [2.05, 4.69) is 29.3 Å². The Morgan fingerprint density at radius 3 is 2.74 bits per heavy atom. The first-order valence-electron chi connectivity index (χ1n) is 11.6. The number of rotatable bonds is 6. The largest absolute Gasteiger partial charge is 0.497 e. The van der Waals surface area contributed by atoms with E-state index in [1.165, 1.54) is 5.56 Å². The fourth-order valence-corrected chi connectivity index (χ4v) is 5.48. The van der Waals surface area contributed by atoms with Crippen LogP contribution >= 0.6 is 11.3 Å². The van der Waals surface area contributed by atoms with Crippen LogP contribution in [0.1, 0.15) is 29.7 Å². The number of hydrogen-bond acceptors (Lipinski definition) is 6. The van der Waals surface area contributed by atoms with E-state index in [1.807, 2.05) is 48.0 Å². The number of fused-ring (bicyclic) bond motifs is 1. The lowest BCUT2D eigenvalue weighted by atomic mass is 9.97. The summed E-state index contributed by atoms with van der Waals surface area (Å²) < 4.78 is 8.25. The zero-order valence-corrected chi connectivity index (χ0v) is 20.6. The fraction of sp³-hybridized carbons (Fsp3) is 0.346. The number of aryl methyl sites for hydroxylation is 2. The van der Waals surface area contributed by atoms with Gasteiger partial charge in [0.1, 0.15) is 5.75 Å². The lowest BCUT2D eigenvalue weighted by molar-refractivity contribution is -0.125. The molecule has 1 N–H and O–H groups in total. The summed E-state index contributed by atoms with van der Waals surface area (Å²) in [5.74, 6) is 0.890. The molecule has 0 spiro atoms. The topological polar surface area (TPSA) is 72.3 Å². The van der Waals surface area contributed by atoms with E-state index < -0.39 is 0 Å². The lowest BCUT2D eigenvalue weighted by Gasteiger charge is -2.31. The summed E-state index contributed by atoms with van der Waals surface area (Å²) in [6.45, 7) is 6.26. The summed E-state index contributed by atoms with van der Waals surface area (Å²) in [5.41, 5.74) is 5.12. The normalized spacial score (nSPS) is 16.1. The minimum Gasteiger partial charge on any atom is -0.497 e. The molecule has 1 atom stereocenters. The van der Waals surface area contributed by atoms with E-state index in [1.54, 1.807) is 18.4 Å². The molecule has 0 bridgehead atoms. The van der Waals surface area contributed by atoms with Gasteiger partial charge in [0, 0.05) is 19.6 Å². The molecule has 1 unspecified atom stereocenters. The lowest BCUT2D eigenvalue weighted by Crippen LogP contribution is -2.43. The van der Waals surface area contributed by atoms with Crippen molar-refractivity contribution >= 4 is 32.7 Å². The van der Waals surface area contributed by atoms with Crippen LogP contribution in [0.15, 0.2) is 48.5 Å². The highest BCUT2D eigenvalue weighted by Gasteiger charge is 2.28. The highest BCUT2D eigenvalue weighted by Crippen LogP contribution is 2.34. The average Bonchev–Trinajstić information content (AvgIpc) is 3.44. The van der Waals surface area contributed by atoms with Crippen molar-refractivity contribution in [3.8, 4) is 11.4 Å². The SMILES string of the molecule is COc1ccc(-n2nc(C)c3sc(N4CCCC(C(=O)NCc5ccccc5C)C4)nc32)cc1. The van der Waals surface area contributed by atoms with Crippen molar-refractivity contribution in [1.29, 1.82) is 0 Å². The number of hydrogen-bond donors (Lipinski definition) is 1. The summed E-state index contributed by atoms with van der Waals surface area (Å²) in [7, 11) is 1.66. The van der Waals surface area contributed by atoms with Gasteiger partial charge < -0.3 is 15.0 Å². The Morgan fingerprint density at radius 2 is 1.97 bits per heavy atom. The van der Waals surface area contributed by atoms with Gasteiger partial charge in [-0.1, -0.05) is 35.6 Å². The Hall–Kier alpha value is -3.39. The van der Waals surface area contributed by atoms with Crippen LogP contribution < -0.4 is 15.0 Å². The van der Waals surface area contributed by atoms with E-state index in [9.17, 15) is 4.79 Å². The first kappa shape index (κ1) is 22.4. The number of aromatic nitrogens is 3. The molecule has 34 heavy (non-hydrogen) atoms. The van der Waals surface area contributed by atoms with Gasteiger partial charge in [-0.2, -0.15) is 10.1 Å². The maximum atomic E-state index is 12.9. The number of benzene rings is 2. The summed E-state index contributed by atoms with van der Waals surface area (Å²) in [4.78, 5) is 20.2. The van der Waals surface area contributed by atoms with Crippen molar-refractivity contribution in [1.82, 2.24) is 20.1 Å². The van der Waals surface area contributed by atoms with Gasteiger partial charge in [0.25, 0.3) is 0 Å². The van der Waals surface area contributed by atoms with Crippen LogP contribution in [0.3, 0.4) is 0 Å². The van der Waals surface area contributed by atoms with Crippen LogP contribution in [0.4, 0.5) is 5.13 Å². The molecule has 5 rings (SSSR count). The minimum absolute atomic E-state index is 0.0380. The molecule has 0 saturated carbocycles. The molecule has 2 aromatic heterocycles. The first-order chi connectivity index (χ1) is 16.5. The Labute approximate surface area is 203 Å². The monoisotopic (exact) mass is 475 g/mol. The van der Waals surface area contributed by atoms with Gasteiger partial charge in [-0.15, -0.1) is 0 Å². The molecule has 4 aromatic rings. The molecule has 1 aliphatic heterocycles. The molecule has 1 amide bonds. The summed E-state index contributed by atoms with van der Waals surface area (Å²) in [6, 6.07) is 16.0. The van der Waals surface area contributed by atoms with Gasteiger partial charge in [-0.25, -0.2) is 4.68 Å². The van der Waals surface area contributed by atoms with E-state index >= 15 is 0 Å². The third kappa shape index (κ3) is 4.37. The second kappa shape index (κ2) is 9.46. The van der Waals surface area contributed by atoms with Crippen LogP contribution in [-0.4, -0.2) is 40.9 Å². The summed E-state index contributed by atoms with van der Waals surface area (Å²) in [5, 5.41) is 8.80. The van der Waals surface area contributed by atoms with Crippen molar-refractivity contribution in [2.75, 3.05) is 25.1 Å². The third-order valence-electron chi connectivity index (χ3n) is 6.47. The predicted molar refractivity (Wildman–Crippen MR) is 136 cm³/mol. The Kier molecular flexibility index (Phi) is 6.24. The van der Waals surface area contributed by atoms with Gasteiger partial charge in [0.2, 0.25) is 5.91 Å². The number of piperidine rings is 1. The Morgan fingerprint density at radius 1 is 1.18 bits per heavy atom. The summed E-state index contributed by atoms with van der Waals surface area (Å²) >= 11 is 1.65. The Bertz CT molecular complexity index is 1310. The quantitative estimate of drug-likeness (QED) is 0.440. The van der Waals surface area contributed by atoms with Crippen molar-refractivity contribution < 1.29 is 9.53 Å².